The minimum atomic E-state index is -4.86. The van der Waals surface area contributed by atoms with Gasteiger partial charge in [0.2, 0.25) is 0 Å². The van der Waals surface area contributed by atoms with Crippen molar-refractivity contribution in [1.82, 2.24) is 0 Å². The first-order valence-electron chi connectivity index (χ1n) is 3.92. The molecular formula is C8H9F3O3. The van der Waals surface area contributed by atoms with Gasteiger partial charge >= 0.3 is 6.18 Å². The Bertz CT molecular complexity index is 267. The maximum absolute atomic E-state index is 12.0. The van der Waals surface area contributed by atoms with Crippen molar-refractivity contribution in [2.75, 3.05) is 20.3 Å². The molecule has 0 fully saturated rings. The fraction of sp³-hybridized carbons (Fsp3) is 0.625. The third-order valence-electron chi connectivity index (χ3n) is 1.83. The van der Waals surface area contributed by atoms with Crippen molar-refractivity contribution in [3.63, 3.8) is 0 Å². The van der Waals surface area contributed by atoms with E-state index in [-0.39, 0.29) is 25.4 Å². The number of Topliss-reactive ketones (excluding diaryl/α,β-unsaturated/α-hetero) is 1. The minimum absolute atomic E-state index is 0.0681. The second kappa shape index (κ2) is 4.00. The summed E-state index contributed by atoms with van der Waals surface area (Å²) in [7, 11) is 1.24. The van der Waals surface area contributed by atoms with Crippen LogP contribution in [0.15, 0.2) is 11.3 Å². The predicted molar refractivity (Wildman–Crippen MR) is 40.5 cm³/mol. The van der Waals surface area contributed by atoms with Crippen molar-refractivity contribution < 1.29 is 27.4 Å². The summed E-state index contributed by atoms with van der Waals surface area (Å²) in [6.07, 6.45) is -4.66. The normalized spacial score (nSPS) is 18.3. The van der Waals surface area contributed by atoms with E-state index in [9.17, 15) is 18.0 Å². The lowest BCUT2D eigenvalue weighted by Crippen LogP contribution is -2.30. The smallest absolute Gasteiger partial charge is 0.454 e. The second-order valence-electron chi connectivity index (χ2n) is 2.74. The van der Waals surface area contributed by atoms with E-state index >= 15 is 0 Å². The molecule has 14 heavy (non-hydrogen) atoms. The van der Waals surface area contributed by atoms with Crippen LogP contribution < -0.4 is 0 Å². The zero-order valence-electron chi connectivity index (χ0n) is 7.48. The Kier molecular flexibility index (Phi) is 3.15. The van der Waals surface area contributed by atoms with Crippen molar-refractivity contribution >= 4 is 5.78 Å². The molecule has 0 spiro atoms. The van der Waals surface area contributed by atoms with E-state index in [1.54, 1.807) is 0 Å². The quantitative estimate of drug-likeness (QED) is 0.691. The van der Waals surface area contributed by atoms with Gasteiger partial charge in [-0.2, -0.15) is 13.2 Å². The average molecular weight is 210 g/mol. The lowest BCUT2D eigenvalue weighted by molar-refractivity contribution is -0.167. The van der Waals surface area contributed by atoms with E-state index in [2.05, 4.69) is 0 Å². The van der Waals surface area contributed by atoms with Gasteiger partial charge in [0, 0.05) is 6.42 Å². The molecule has 0 aromatic carbocycles. The molecule has 1 heterocycles. The Hall–Kier alpha value is -1.04. The van der Waals surface area contributed by atoms with E-state index in [0.29, 0.717) is 0 Å². The average Bonchev–Trinajstić information content (AvgIpc) is 2.15. The summed E-state index contributed by atoms with van der Waals surface area (Å²) in [6.45, 7) is -0.0562. The highest BCUT2D eigenvalue weighted by Crippen LogP contribution is 2.26. The number of halogens is 3. The van der Waals surface area contributed by atoms with Crippen LogP contribution in [-0.2, 0) is 14.3 Å². The number of carbonyl (C=O) groups excluding carboxylic acids is 1. The first kappa shape index (κ1) is 11.0. The molecule has 0 N–H and O–H groups in total. The van der Waals surface area contributed by atoms with Crippen LogP contribution in [0.3, 0.4) is 0 Å². The van der Waals surface area contributed by atoms with Crippen LogP contribution in [0.4, 0.5) is 13.2 Å². The third-order valence-corrected chi connectivity index (χ3v) is 1.83. The number of ether oxygens (including phenoxy) is 2. The minimum Gasteiger partial charge on any atom is -0.500 e. The number of hydrogen-bond donors (Lipinski definition) is 0. The Morgan fingerprint density at radius 1 is 1.50 bits per heavy atom. The van der Waals surface area contributed by atoms with Crippen LogP contribution in [0, 0.1) is 0 Å². The van der Waals surface area contributed by atoms with Crippen LogP contribution in [0.5, 0.6) is 0 Å². The van der Waals surface area contributed by atoms with Gasteiger partial charge in [0.05, 0.1) is 25.9 Å². The Morgan fingerprint density at radius 3 is 2.64 bits per heavy atom. The van der Waals surface area contributed by atoms with E-state index < -0.39 is 17.5 Å². The molecule has 1 rings (SSSR count). The van der Waals surface area contributed by atoms with Crippen molar-refractivity contribution in [1.29, 1.82) is 0 Å². The molecule has 0 aliphatic carbocycles. The number of alkyl halides is 3. The monoisotopic (exact) mass is 210 g/mol. The highest BCUT2D eigenvalue weighted by molar-refractivity contribution is 6.00. The van der Waals surface area contributed by atoms with Crippen molar-refractivity contribution in [3.05, 3.63) is 11.3 Å². The van der Waals surface area contributed by atoms with Crippen molar-refractivity contribution in [2.45, 2.75) is 12.6 Å². The maximum Gasteiger partial charge on any atom is 0.454 e. The van der Waals surface area contributed by atoms with Crippen LogP contribution >= 0.6 is 0 Å². The van der Waals surface area contributed by atoms with Crippen molar-refractivity contribution in [3.8, 4) is 0 Å². The molecule has 0 aromatic heterocycles. The Balaban J connectivity index is 2.93. The molecule has 0 atom stereocenters. The molecule has 0 aromatic rings. The number of hydrogen-bond acceptors (Lipinski definition) is 3. The molecule has 0 saturated carbocycles. The van der Waals surface area contributed by atoms with Gasteiger partial charge in [0.25, 0.3) is 5.78 Å². The summed E-state index contributed by atoms with van der Waals surface area (Å²) in [5.41, 5.74) is -0.425. The van der Waals surface area contributed by atoms with Gasteiger partial charge in [0.1, 0.15) is 5.76 Å². The van der Waals surface area contributed by atoms with E-state index in [0.717, 1.165) is 0 Å². The number of rotatable bonds is 2. The molecule has 3 nitrogen and oxygen atoms in total. The molecule has 6 heteroatoms. The van der Waals surface area contributed by atoms with Crippen LogP contribution in [0.2, 0.25) is 0 Å². The summed E-state index contributed by atoms with van der Waals surface area (Å²) in [6, 6.07) is 0. The summed E-state index contributed by atoms with van der Waals surface area (Å²) < 4.78 is 45.6. The lowest BCUT2D eigenvalue weighted by atomic mass is 10.1. The third kappa shape index (κ3) is 2.25. The van der Waals surface area contributed by atoms with E-state index in [1.165, 1.54) is 7.11 Å². The van der Waals surface area contributed by atoms with Crippen molar-refractivity contribution in [2.24, 2.45) is 0 Å². The Morgan fingerprint density at radius 2 is 2.14 bits per heavy atom. The van der Waals surface area contributed by atoms with Crippen LogP contribution in [0.1, 0.15) is 6.42 Å². The van der Waals surface area contributed by atoms with Gasteiger partial charge in [-0.05, 0) is 0 Å². The molecule has 1 aliphatic heterocycles. The zero-order valence-corrected chi connectivity index (χ0v) is 7.48. The fourth-order valence-corrected chi connectivity index (χ4v) is 1.16. The molecular weight excluding hydrogens is 201 g/mol. The molecule has 0 saturated heterocycles. The standard InChI is InChI=1S/C8H9F3O3/c1-13-6-2-3-14-4-5(6)7(12)8(9,10)11/h2-4H2,1H3. The maximum atomic E-state index is 12.0. The summed E-state index contributed by atoms with van der Waals surface area (Å²) >= 11 is 0. The number of ketones is 1. The van der Waals surface area contributed by atoms with Gasteiger partial charge in [-0.1, -0.05) is 0 Å². The highest BCUT2D eigenvalue weighted by atomic mass is 19.4. The molecule has 0 bridgehead atoms. The van der Waals surface area contributed by atoms with Gasteiger partial charge in [0.15, 0.2) is 0 Å². The first-order chi connectivity index (χ1) is 6.46. The summed E-state index contributed by atoms with van der Waals surface area (Å²) in [5.74, 6) is -1.81. The highest BCUT2D eigenvalue weighted by Gasteiger charge is 2.42. The largest absolute Gasteiger partial charge is 0.500 e. The van der Waals surface area contributed by atoms with Crippen LogP contribution in [0.25, 0.3) is 0 Å². The van der Waals surface area contributed by atoms with Gasteiger partial charge in [-0.25, -0.2) is 0 Å². The molecule has 80 valence electrons. The SMILES string of the molecule is COC1=C(C(=O)C(F)(F)F)COCC1. The van der Waals surface area contributed by atoms with Gasteiger partial charge in [-0.15, -0.1) is 0 Å². The molecule has 1 aliphatic rings. The number of carbonyl (C=O) groups is 1. The van der Waals surface area contributed by atoms with Gasteiger partial charge < -0.3 is 9.47 Å². The first-order valence-corrected chi connectivity index (χ1v) is 3.92. The molecule has 0 amide bonds. The fourth-order valence-electron chi connectivity index (χ4n) is 1.16. The summed E-state index contributed by atoms with van der Waals surface area (Å²) in [5, 5.41) is 0. The van der Waals surface area contributed by atoms with Crippen LogP contribution in [-0.4, -0.2) is 32.3 Å². The zero-order chi connectivity index (χ0) is 10.8. The molecule has 0 unspecified atom stereocenters. The van der Waals surface area contributed by atoms with Gasteiger partial charge in [-0.3, -0.25) is 4.79 Å². The predicted octanol–water partition coefficient (Wildman–Crippen LogP) is 1.44. The molecule has 0 radical (unpaired) electrons. The Labute approximate surface area is 78.5 Å². The lowest BCUT2D eigenvalue weighted by Gasteiger charge is -2.19. The second-order valence-corrected chi connectivity index (χ2v) is 2.74. The summed E-state index contributed by atoms with van der Waals surface area (Å²) in [4.78, 5) is 10.8. The van der Waals surface area contributed by atoms with E-state index in [1.807, 2.05) is 0 Å². The van der Waals surface area contributed by atoms with E-state index in [4.69, 9.17) is 9.47 Å². The number of methoxy groups -OCH3 is 1. The topological polar surface area (TPSA) is 35.5 Å².